The molecule has 1 aliphatic carbocycles. The molecule has 194 valence electrons. The van der Waals surface area contributed by atoms with Crippen molar-refractivity contribution < 1.29 is 28.8 Å². The molecule has 0 saturated carbocycles. The molecule has 0 atom stereocenters. The van der Waals surface area contributed by atoms with Gasteiger partial charge in [0.25, 0.3) is 5.56 Å². The number of carbonyl (C=O) groups is 1. The summed E-state index contributed by atoms with van der Waals surface area (Å²) < 4.78 is 23.4. The van der Waals surface area contributed by atoms with Crippen molar-refractivity contribution in [2.45, 2.75) is 26.8 Å². The fourth-order valence-electron chi connectivity index (χ4n) is 4.46. The molecular formula is C27H34N2O7. The summed E-state index contributed by atoms with van der Waals surface area (Å²) in [7, 11) is 6.05. The molecule has 0 unspecified atom stereocenters. The van der Waals surface area contributed by atoms with E-state index in [1.54, 1.807) is 28.8 Å². The number of hydrogen-bond acceptors (Lipinski definition) is 8. The van der Waals surface area contributed by atoms with Crippen LogP contribution in [-0.2, 0) is 6.54 Å². The van der Waals surface area contributed by atoms with Crippen molar-refractivity contribution in [3.8, 4) is 34.3 Å². The highest BCUT2D eigenvalue weighted by Crippen LogP contribution is 2.45. The number of carbonyl (C=O) groups excluding carboxylic acids is 1. The largest absolute Gasteiger partial charge is 0.493 e. The zero-order valence-corrected chi connectivity index (χ0v) is 21.7. The van der Waals surface area contributed by atoms with E-state index in [-0.39, 0.29) is 17.9 Å². The fourth-order valence-corrected chi connectivity index (χ4v) is 4.46. The molecule has 1 aromatic heterocycles. The summed E-state index contributed by atoms with van der Waals surface area (Å²) in [6.45, 7) is 5.50. The average Bonchev–Trinajstić information content (AvgIpc) is 3.20. The Morgan fingerprint density at radius 1 is 0.778 bits per heavy atom. The number of fused-ring (bicyclic) bond motifs is 5. The maximum Gasteiger partial charge on any atom is 0.259 e. The smallest absolute Gasteiger partial charge is 0.259 e. The highest BCUT2D eigenvalue weighted by Gasteiger charge is 2.34. The van der Waals surface area contributed by atoms with E-state index in [1.165, 1.54) is 28.4 Å². The minimum atomic E-state index is -0.229. The number of hydrogen-bond donors (Lipinski definition) is 2. The summed E-state index contributed by atoms with van der Waals surface area (Å²) in [5.41, 5.74) is 1.82. The number of methoxy groups -OCH3 is 4. The van der Waals surface area contributed by atoms with E-state index >= 15 is 0 Å². The van der Waals surface area contributed by atoms with Crippen molar-refractivity contribution in [2.24, 2.45) is 0 Å². The third-order valence-electron chi connectivity index (χ3n) is 6.05. The van der Waals surface area contributed by atoms with Crippen LogP contribution >= 0.6 is 0 Å². The van der Waals surface area contributed by atoms with E-state index in [9.17, 15) is 9.59 Å². The Morgan fingerprint density at radius 2 is 1.31 bits per heavy atom. The Balaban J connectivity index is 0.00000176. The Morgan fingerprint density at radius 3 is 1.86 bits per heavy atom. The first kappa shape index (κ1) is 27.0. The van der Waals surface area contributed by atoms with Crippen LogP contribution in [0.15, 0.2) is 29.1 Å². The second-order valence-electron chi connectivity index (χ2n) is 7.84. The molecule has 0 fully saturated rings. The molecule has 0 aliphatic heterocycles. The molecule has 1 heterocycles. The quantitative estimate of drug-likeness (QED) is 0.321. The predicted octanol–water partition coefficient (Wildman–Crippen LogP) is 3.25. The zero-order chi connectivity index (χ0) is 26.4. The van der Waals surface area contributed by atoms with Crippen molar-refractivity contribution in [1.82, 2.24) is 9.88 Å². The number of nitrogens with one attached hydrogen (secondary N) is 1. The van der Waals surface area contributed by atoms with Gasteiger partial charge in [0.15, 0.2) is 28.8 Å². The van der Waals surface area contributed by atoms with Gasteiger partial charge in [-0.2, -0.15) is 0 Å². The van der Waals surface area contributed by atoms with Gasteiger partial charge >= 0.3 is 0 Å². The lowest BCUT2D eigenvalue weighted by atomic mass is 10.0. The van der Waals surface area contributed by atoms with Crippen LogP contribution in [0.2, 0.25) is 0 Å². The number of benzene rings is 2. The summed E-state index contributed by atoms with van der Waals surface area (Å²) in [6, 6.07) is 6.69. The monoisotopic (exact) mass is 498 g/mol. The van der Waals surface area contributed by atoms with Crippen LogP contribution in [-0.4, -0.2) is 63.6 Å². The lowest BCUT2D eigenvalue weighted by Gasteiger charge is -2.17. The first-order valence-electron chi connectivity index (χ1n) is 12.0. The molecular weight excluding hydrogens is 464 g/mol. The molecule has 9 heteroatoms. The summed E-state index contributed by atoms with van der Waals surface area (Å²) in [6.07, 6.45) is 0.627. The van der Waals surface area contributed by atoms with Crippen LogP contribution in [0.5, 0.6) is 23.0 Å². The minimum absolute atomic E-state index is 0.0381. The Hall–Kier alpha value is -3.56. The highest BCUT2D eigenvalue weighted by atomic mass is 16.5. The lowest BCUT2D eigenvalue weighted by Crippen LogP contribution is -2.26. The number of rotatable bonds is 10. The maximum absolute atomic E-state index is 13.7. The molecule has 0 amide bonds. The van der Waals surface area contributed by atoms with Crippen LogP contribution in [0.1, 0.15) is 36.2 Å². The fraction of sp³-hybridized carbons (Fsp3) is 0.407. The van der Waals surface area contributed by atoms with E-state index in [0.717, 1.165) is 0 Å². The highest BCUT2D eigenvalue weighted by molar-refractivity contribution is 6.27. The Kier molecular flexibility index (Phi) is 8.95. The molecule has 1 aliphatic rings. The SMILES string of the molecule is CC.COc1cc2c(cc1OC)-c1c(c3cc(OC)c(OC)cc3c(=O)n1CCCNCCO)C2=O. The summed E-state index contributed by atoms with van der Waals surface area (Å²) >= 11 is 0. The summed E-state index contributed by atoms with van der Waals surface area (Å²) in [4.78, 5) is 27.4. The molecule has 36 heavy (non-hydrogen) atoms. The maximum atomic E-state index is 13.7. The van der Waals surface area contributed by atoms with Crippen LogP contribution < -0.4 is 29.8 Å². The molecule has 4 rings (SSSR count). The molecule has 0 saturated heterocycles. The van der Waals surface area contributed by atoms with E-state index in [0.29, 0.717) is 82.2 Å². The van der Waals surface area contributed by atoms with Gasteiger partial charge in [-0.15, -0.1) is 0 Å². The van der Waals surface area contributed by atoms with E-state index < -0.39 is 0 Å². The standard InChI is InChI=1S/C25H28N2O7.C2H6/c1-31-18-10-14-17(13-21(18)34-4)25(30)27(8-5-6-26-7-9-28)23-15-11-19(32-2)20(33-3)12-16(15)24(29)22(14)23;1-2/h10-13,26,28H,5-9H2,1-4H3;1-2H3. The van der Waals surface area contributed by atoms with Gasteiger partial charge in [0.1, 0.15) is 0 Å². The number of aromatic nitrogens is 1. The number of pyridine rings is 1. The molecule has 9 nitrogen and oxygen atoms in total. The van der Waals surface area contributed by atoms with Gasteiger partial charge in [-0.3, -0.25) is 9.59 Å². The number of aliphatic hydroxyl groups is 1. The number of nitrogens with zero attached hydrogens (tertiary/aromatic N) is 1. The van der Waals surface area contributed by atoms with Crippen molar-refractivity contribution in [3.63, 3.8) is 0 Å². The van der Waals surface area contributed by atoms with Gasteiger partial charge in [-0.25, -0.2) is 0 Å². The first-order chi connectivity index (χ1) is 17.5. The summed E-state index contributed by atoms with van der Waals surface area (Å²) in [5.74, 6) is 1.55. The second-order valence-corrected chi connectivity index (χ2v) is 7.84. The van der Waals surface area contributed by atoms with Crippen molar-refractivity contribution in [1.29, 1.82) is 0 Å². The molecule has 0 spiro atoms. The van der Waals surface area contributed by atoms with Crippen LogP contribution in [0, 0.1) is 0 Å². The van der Waals surface area contributed by atoms with Gasteiger partial charge in [-0.05, 0) is 37.2 Å². The van der Waals surface area contributed by atoms with Crippen molar-refractivity contribution >= 4 is 16.6 Å². The molecule has 2 aromatic carbocycles. The van der Waals surface area contributed by atoms with Gasteiger partial charge in [0.2, 0.25) is 0 Å². The van der Waals surface area contributed by atoms with Gasteiger partial charge in [0.05, 0.1) is 51.7 Å². The normalized spacial score (nSPS) is 11.5. The third kappa shape index (κ3) is 4.64. The molecule has 0 bridgehead atoms. The van der Waals surface area contributed by atoms with Gasteiger partial charge in [0, 0.05) is 29.6 Å². The number of ketones is 1. The zero-order valence-electron chi connectivity index (χ0n) is 21.7. The topological polar surface area (TPSA) is 108 Å². The second kappa shape index (κ2) is 11.9. The van der Waals surface area contributed by atoms with Gasteiger partial charge in [-0.1, -0.05) is 13.8 Å². The Labute approximate surface area is 210 Å². The van der Waals surface area contributed by atoms with Crippen molar-refractivity contribution in [3.05, 3.63) is 45.7 Å². The van der Waals surface area contributed by atoms with E-state index in [1.807, 2.05) is 13.8 Å². The first-order valence-corrected chi connectivity index (χ1v) is 12.0. The van der Waals surface area contributed by atoms with Crippen LogP contribution in [0.3, 0.4) is 0 Å². The van der Waals surface area contributed by atoms with Crippen LogP contribution in [0.4, 0.5) is 0 Å². The third-order valence-corrected chi connectivity index (χ3v) is 6.05. The number of aliphatic hydroxyl groups excluding tert-OH is 1. The summed E-state index contributed by atoms with van der Waals surface area (Å²) in [5, 5.41) is 13.0. The molecule has 2 N–H and O–H groups in total. The van der Waals surface area contributed by atoms with Gasteiger partial charge < -0.3 is 33.9 Å². The Bertz CT molecular complexity index is 1310. The van der Waals surface area contributed by atoms with E-state index in [4.69, 9.17) is 24.1 Å². The molecule has 0 radical (unpaired) electrons. The molecule has 3 aromatic rings. The lowest BCUT2D eigenvalue weighted by molar-refractivity contribution is 0.104. The average molecular weight is 499 g/mol. The van der Waals surface area contributed by atoms with Crippen LogP contribution in [0.25, 0.3) is 22.0 Å². The minimum Gasteiger partial charge on any atom is -0.493 e. The van der Waals surface area contributed by atoms with Crippen molar-refractivity contribution in [2.75, 3.05) is 48.1 Å². The predicted molar refractivity (Wildman–Crippen MR) is 139 cm³/mol. The number of ether oxygens (including phenoxy) is 4. The van der Waals surface area contributed by atoms with E-state index in [2.05, 4.69) is 5.32 Å².